The van der Waals surface area contributed by atoms with Gasteiger partial charge in [0.25, 0.3) is 0 Å². The minimum Gasteiger partial charge on any atom is -0.385 e. The third kappa shape index (κ3) is 1.42. The van der Waals surface area contributed by atoms with E-state index in [1.807, 2.05) is 4.90 Å². The zero-order chi connectivity index (χ0) is 11.2. The van der Waals surface area contributed by atoms with E-state index in [9.17, 15) is 4.79 Å². The summed E-state index contributed by atoms with van der Waals surface area (Å²) in [6.45, 7) is 2.08. The zero-order valence-corrected chi connectivity index (χ0v) is 9.32. The minimum absolute atomic E-state index is 0.171. The number of hydrogen-bond donors (Lipinski definition) is 1. The van der Waals surface area contributed by atoms with Crippen LogP contribution < -0.4 is 5.73 Å². The smallest absolute Gasteiger partial charge is 0.346 e. The molecular formula is C11H17N3O2. The summed E-state index contributed by atoms with van der Waals surface area (Å²) < 4.78 is 5.50. The summed E-state index contributed by atoms with van der Waals surface area (Å²) >= 11 is 0. The summed E-state index contributed by atoms with van der Waals surface area (Å²) in [5, 5.41) is 0. The van der Waals surface area contributed by atoms with E-state index < -0.39 is 5.54 Å². The third-order valence-electron chi connectivity index (χ3n) is 3.80. The maximum atomic E-state index is 11.8. The fourth-order valence-electron chi connectivity index (χ4n) is 2.60. The Morgan fingerprint density at radius 3 is 3.00 bits per heavy atom. The van der Waals surface area contributed by atoms with Crippen LogP contribution in [0.15, 0.2) is 4.99 Å². The van der Waals surface area contributed by atoms with Gasteiger partial charge in [0, 0.05) is 13.2 Å². The lowest BCUT2D eigenvalue weighted by Gasteiger charge is -2.40. The summed E-state index contributed by atoms with van der Waals surface area (Å²) in [7, 11) is 0. The summed E-state index contributed by atoms with van der Waals surface area (Å²) in [5.74, 6) is 1.11. The van der Waals surface area contributed by atoms with Gasteiger partial charge in [0.05, 0.1) is 6.61 Å². The van der Waals surface area contributed by atoms with Crippen molar-refractivity contribution in [1.82, 2.24) is 4.90 Å². The first-order valence-electron chi connectivity index (χ1n) is 5.96. The number of urea groups is 1. The number of carbonyl (C=O) groups is 1. The SMILES string of the molecule is NC1=NC(=O)N(CC2CC2)C12CCCOC2. The molecule has 0 aromatic heterocycles. The number of carbonyl (C=O) groups excluding carboxylic acids is 1. The van der Waals surface area contributed by atoms with Crippen molar-refractivity contribution < 1.29 is 9.53 Å². The molecule has 1 aliphatic carbocycles. The number of amides is 2. The van der Waals surface area contributed by atoms with Crippen molar-refractivity contribution in [2.75, 3.05) is 19.8 Å². The first-order valence-corrected chi connectivity index (χ1v) is 5.96. The molecule has 1 atom stereocenters. The van der Waals surface area contributed by atoms with Crippen LogP contribution in [0.1, 0.15) is 25.7 Å². The molecule has 1 saturated carbocycles. The molecule has 5 nitrogen and oxygen atoms in total. The van der Waals surface area contributed by atoms with E-state index in [1.54, 1.807) is 0 Å². The highest BCUT2D eigenvalue weighted by Crippen LogP contribution is 2.37. The van der Waals surface area contributed by atoms with E-state index in [0.717, 1.165) is 26.0 Å². The number of rotatable bonds is 2. The van der Waals surface area contributed by atoms with E-state index in [0.29, 0.717) is 18.4 Å². The fraction of sp³-hybridized carbons (Fsp3) is 0.818. The summed E-state index contributed by atoms with van der Waals surface area (Å²) in [6.07, 6.45) is 4.28. The highest BCUT2D eigenvalue weighted by Gasteiger charge is 2.50. The van der Waals surface area contributed by atoms with Gasteiger partial charge in [-0.15, -0.1) is 0 Å². The molecule has 88 valence electrons. The van der Waals surface area contributed by atoms with Crippen LogP contribution in [0.2, 0.25) is 0 Å². The molecule has 2 amide bonds. The molecule has 0 bridgehead atoms. The Morgan fingerprint density at radius 1 is 1.56 bits per heavy atom. The van der Waals surface area contributed by atoms with Crippen LogP contribution in [0.4, 0.5) is 4.79 Å². The third-order valence-corrected chi connectivity index (χ3v) is 3.80. The first kappa shape index (κ1) is 10.1. The van der Waals surface area contributed by atoms with Gasteiger partial charge in [-0.25, -0.2) is 4.79 Å². The van der Waals surface area contributed by atoms with Crippen molar-refractivity contribution in [3.05, 3.63) is 0 Å². The molecule has 0 aromatic carbocycles. The molecular weight excluding hydrogens is 206 g/mol. The van der Waals surface area contributed by atoms with Gasteiger partial charge >= 0.3 is 6.03 Å². The van der Waals surface area contributed by atoms with Crippen LogP contribution in [0, 0.1) is 5.92 Å². The van der Waals surface area contributed by atoms with Gasteiger partial charge in [0.1, 0.15) is 11.4 Å². The number of nitrogens with two attached hydrogens (primary N) is 1. The van der Waals surface area contributed by atoms with Crippen LogP contribution in [-0.4, -0.2) is 42.1 Å². The lowest BCUT2D eigenvalue weighted by molar-refractivity contribution is 0.00850. The summed E-state index contributed by atoms with van der Waals surface area (Å²) in [6, 6.07) is -0.171. The van der Waals surface area contributed by atoms with E-state index in [4.69, 9.17) is 10.5 Å². The molecule has 2 fully saturated rings. The van der Waals surface area contributed by atoms with Crippen molar-refractivity contribution >= 4 is 11.9 Å². The molecule has 2 heterocycles. The van der Waals surface area contributed by atoms with Crippen molar-refractivity contribution in [3.63, 3.8) is 0 Å². The largest absolute Gasteiger partial charge is 0.385 e. The molecule has 0 radical (unpaired) electrons. The monoisotopic (exact) mass is 223 g/mol. The second-order valence-corrected chi connectivity index (χ2v) is 5.02. The molecule has 1 unspecified atom stereocenters. The summed E-state index contributed by atoms with van der Waals surface area (Å²) in [4.78, 5) is 17.6. The van der Waals surface area contributed by atoms with Gasteiger partial charge in [-0.05, 0) is 31.6 Å². The number of hydrogen-bond acceptors (Lipinski definition) is 3. The summed E-state index contributed by atoms with van der Waals surface area (Å²) in [5.41, 5.74) is 5.51. The molecule has 1 saturated heterocycles. The van der Waals surface area contributed by atoms with Crippen LogP contribution >= 0.6 is 0 Å². The van der Waals surface area contributed by atoms with Gasteiger partial charge in [-0.2, -0.15) is 4.99 Å². The maximum absolute atomic E-state index is 11.8. The zero-order valence-electron chi connectivity index (χ0n) is 9.32. The van der Waals surface area contributed by atoms with Crippen molar-refractivity contribution in [1.29, 1.82) is 0 Å². The van der Waals surface area contributed by atoms with Crippen LogP contribution in [0.3, 0.4) is 0 Å². The second-order valence-electron chi connectivity index (χ2n) is 5.02. The standard InChI is InChI=1S/C11H17N3O2/c12-9-11(4-1-5-16-7-11)14(10(15)13-9)6-8-2-3-8/h8H,1-7H2,(H2,12,13,15). The van der Waals surface area contributed by atoms with Gasteiger partial charge in [-0.3, -0.25) is 0 Å². The van der Waals surface area contributed by atoms with E-state index in [1.165, 1.54) is 12.8 Å². The average molecular weight is 223 g/mol. The van der Waals surface area contributed by atoms with Crippen LogP contribution in [0.5, 0.6) is 0 Å². The Labute approximate surface area is 94.6 Å². The van der Waals surface area contributed by atoms with Gasteiger partial charge in [0.2, 0.25) is 0 Å². The lowest BCUT2D eigenvalue weighted by Crippen LogP contribution is -2.59. The Morgan fingerprint density at radius 2 is 2.38 bits per heavy atom. The topological polar surface area (TPSA) is 67.9 Å². The van der Waals surface area contributed by atoms with Crippen molar-refractivity contribution in [2.24, 2.45) is 16.6 Å². The molecule has 2 aliphatic heterocycles. The number of aliphatic imine (C=N–C) groups is 1. The molecule has 2 N–H and O–H groups in total. The molecule has 3 aliphatic rings. The number of ether oxygens (including phenoxy) is 1. The molecule has 16 heavy (non-hydrogen) atoms. The molecule has 5 heteroatoms. The van der Waals surface area contributed by atoms with Crippen LogP contribution in [-0.2, 0) is 4.74 Å². The van der Waals surface area contributed by atoms with Gasteiger partial charge in [0.15, 0.2) is 0 Å². The van der Waals surface area contributed by atoms with E-state index in [2.05, 4.69) is 4.99 Å². The maximum Gasteiger partial charge on any atom is 0.346 e. The van der Waals surface area contributed by atoms with Crippen molar-refractivity contribution in [3.8, 4) is 0 Å². The highest BCUT2D eigenvalue weighted by molar-refractivity contribution is 6.06. The predicted molar refractivity (Wildman–Crippen MR) is 59.2 cm³/mol. The normalized spacial score (nSPS) is 34.6. The van der Waals surface area contributed by atoms with Crippen molar-refractivity contribution in [2.45, 2.75) is 31.2 Å². The highest BCUT2D eigenvalue weighted by atomic mass is 16.5. The lowest BCUT2D eigenvalue weighted by atomic mass is 9.90. The van der Waals surface area contributed by atoms with E-state index >= 15 is 0 Å². The molecule has 3 rings (SSSR count). The van der Waals surface area contributed by atoms with Crippen LogP contribution in [0.25, 0.3) is 0 Å². The Balaban J connectivity index is 1.85. The quantitative estimate of drug-likeness (QED) is 0.750. The van der Waals surface area contributed by atoms with Gasteiger partial charge in [-0.1, -0.05) is 0 Å². The Kier molecular flexibility index (Phi) is 2.17. The predicted octanol–water partition coefficient (Wildman–Crippen LogP) is 0.738. The van der Waals surface area contributed by atoms with E-state index in [-0.39, 0.29) is 6.03 Å². The molecule has 0 aromatic rings. The Hall–Kier alpha value is -1.10. The van der Waals surface area contributed by atoms with Gasteiger partial charge < -0.3 is 15.4 Å². The number of nitrogens with zero attached hydrogens (tertiary/aromatic N) is 2. The second kappa shape index (κ2) is 3.45. The first-order chi connectivity index (χ1) is 7.72. The Bertz CT molecular complexity index is 343. The average Bonchev–Trinajstić information content (AvgIpc) is 3.06. The molecule has 1 spiro atoms. The minimum atomic E-state index is -0.419. The fourth-order valence-corrected chi connectivity index (χ4v) is 2.60. The number of amidine groups is 1.